The highest BCUT2D eigenvalue weighted by Gasteiger charge is 2.61. The Balaban J connectivity index is 0.000000948. The van der Waals surface area contributed by atoms with E-state index in [9.17, 15) is 5.11 Å². The lowest BCUT2D eigenvalue weighted by Crippen LogP contribution is -2.51. The van der Waals surface area contributed by atoms with E-state index < -0.39 is 5.79 Å². The Kier molecular flexibility index (Phi) is 5.62. The lowest BCUT2D eigenvalue weighted by molar-refractivity contribution is -0.269. The van der Waals surface area contributed by atoms with Crippen LogP contribution in [-0.2, 0) is 11.2 Å². The molecular weight excluding hydrogens is 322 g/mol. The lowest BCUT2D eigenvalue weighted by atomic mass is 9.58. The van der Waals surface area contributed by atoms with Gasteiger partial charge in [0.1, 0.15) is 0 Å². The fraction of sp³-hybridized carbons (Fsp3) is 0.652. The van der Waals surface area contributed by atoms with E-state index in [0.29, 0.717) is 24.4 Å². The number of hydrogen-bond acceptors (Lipinski definition) is 3. The van der Waals surface area contributed by atoms with E-state index in [1.54, 1.807) is 0 Å². The van der Waals surface area contributed by atoms with Crippen LogP contribution in [0.15, 0.2) is 24.3 Å². The molecule has 0 radical (unpaired) electrons. The van der Waals surface area contributed by atoms with Crippen LogP contribution in [0.1, 0.15) is 56.2 Å². The van der Waals surface area contributed by atoms with E-state index in [0.717, 1.165) is 19.3 Å². The molecule has 0 heterocycles. The van der Waals surface area contributed by atoms with Gasteiger partial charge in [0.25, 0.3) is 0 Å². The third-order valence-corrected chi connectivity index (χ3v) is 7.21. The number of nitrogens with two attached hydrogens (primary N) is 1. The first kappa shape index (κ1) is 19.6. The molecule has 1 aromatic carbocycles. The first-order valence-corrected chi connectivity index (χ1v) is 10.2. The Labute approximate surface area is 158 Å². The van der Waals surface area contributed by atoms with Crippen molar-refractivity contribution in [3.05, 3.63) is 41.0 Å². The standard InChI is InChI=1S/C22H30O2.CH5N/c1-4-24-22(23)12-10-20-19-8-7-16-13-15(2)5-6-17(16)14-18(19)9-11-21(20,22)3;1-2/h5-8,13,18-20,23H,4,9-12,14H2,1-3H3;2H2,1H3. The van der Waals surface area contributed by atoms with Crippen LogP contribution in [0.3, 0.4) is 0 Å². The first-order valence-electron chi connectivity index (χ1n) is 10.2. The van der Waals surface area contributed by atoms with Crippen molar-refractivity contribution >= 4 is 6.08 Å². The molecular formula is C23H35NO2. The van der Waals surface area contributed by atoms with Crippen molar-refractivity contribution in [3.63, 3.8) is 0 Å². The van der Waals surface area contributed by atoms with Crippen molar-refractivity contribution < 1.29 is 9.84 Å². The van der Waals surface area contributed by atoms with E-state index in [1.807, 2.05) is 6.92 Å². The van der Waals surface area contributed by atoms with Crippen molar-refractivity contribution in [2.75, 3.05) is 13.7 Å². The zero-order valence-electron chi connectivity index (χ0n) is 16.8. The number of hydrogen-bond donors (Lipinski definition) is 2. The predicted molar refractivity (Wildman–Crippen MR) is 108 cm³/mol. The van der Waals surface area contributed by atoms with Crippen LogP contribution in [-0.4, -0.2) is 24.5 Å². The third-order valence-electron chi connectivity index (χ3n) is 7.21. The molecule has 5 atom stereocenters. The van der Waals surface area contributed by atoms with Gasteiger partial charge in [-0.1, -0.05) is 42.8 Å². The summed E-state index contributed by atoms with van der Waals surface area (Å²) < 4.78 is 5.88. The van der Waals surface area contributed by atoms with Crippen LogP contribution in [0.4, 0.5) is 0 Å². The Morgan fingerprint density at radius 3 is 2.73 bits per heavy atom. The van der Waals surface area contributed by atoms with Gasteiger partial charge in [-0.2, -0.15) is 0 Å². The van der Waals surface area contributed by atoms with Gasteiger partial charge >= 0.3 is 0 Å². The number of aryl methyl sites for hydroxylation is 1. The lowest BCUT2D eigenvalue weighted by Gasteiger charge is -2.50. The minimum Gasteiger partial charge on any atom is -0.365 e. The molecule has 0 aliphatic heterocycles. The normalized spacial score (nSPS) is 37.7. The topological polar surface area (TPSA) is 55.5 Å². The van der Waals surface area contributed by atoms with Gasteiger partial charge in [0, 0.05) is 18.4 Å². The maximum absolute atomic E-state index is 11.2. The summed E-state index contributed by atoms with van der Waals surface area (Å²) in [6.07, 6.45) is 10.1. The molecule has 144 valence electrons. The molecule has 0 spiro atoms. The van der Waals surface area contributed by atoms with Gasteiger partial charge in [-0.25, -0.2) is 0 Å². The quantitative estimate of drug-likeness (QED) is 0.776. The van der Waals surface area contributed by atoms with Gasteiger partial charge < -0.3 is 15.6 Å². The molecule has 5 unspecified atom stereocenters. The summed E-state index contributed by atoms with van der Waals surface area (Å²) in [6, 6.07) is 6.87. The van der Waals surface area contributed by atoms with E-state index >= 15 is 0 Å². The van der Waals surface area contributed by atoms with E-state index in [4.69, 9.17) is 4.74 Å². The second-order valence-corrected chi connectivity index (χ2v) is 8.42. The Morgan fingerprint density at radius 1 is 1.23 bits per heavy atom. The summed E-state index contributed by atoms with van der Waals surface area (Å²) in [7, 11) is 1.50. The van der Waals surface area contributed by atoms with Crippen molar-refractivity contribution in [1.82, 2.24) is 0 Å². The fourth-order valence-corrected chi connectivity index (χ4v) is 5.81. The molecule has 2 saturated carbocycles. The molecule has 3 N–H and O–H groups in total. The Morgan fingerprint density at radius 2 is 2.00 bits per heavy atom. The van der Waals surface area contributed by atoms with Crippen molar-refractivity contribution in [3.8, 4) is 0 Å². The fourth-order valence-electron chi connectivity index (χ4n) is 5.81. The maximum atomic E-state index is 11.2. The molecule has 3 nitrogen and oxygen atoms in total. The molecule has 0 aromatic heterocycles. The maximum Gasteiger partial charge on any atom is 0.171 e. The highest BCUT2D eigenvalue weighted by Crippen LogP contribution is 2.62. The smallest absolute Gasteiger partial charge is 0.171 e. The Hall–Kier alpha value is -1.16. The van der Waals surface area contributed by atoms with Crippen LogP contribution >= 0.6 is 0 Å². The molecule has 1 aromatic rings. The zero-order chi connectivity index (χ0) is 18.9. The van der Waals surface area contributed by atoms with Crippen LogP contribution in [0.2, 0.25) is 0 Å². The van der Waals surface area contributed by atoms with Gasteiger partial charge in [-0.05, 0) is 75.5 Å². The van der Waals surface area contributed by atoms with Gasteiger partial charge in [-0.15, -0.1) is 0 Å². The molecule has 0 bridgehead atoms. The summed E-state index contributed by atoms with van der Waals surface area (Å²) in [5.41, 5.74) is 8.61. The highest BCUT2D eigenvalue weighted by molar-refractivity contribution is 5.57. The highest BCUT2D eigenvalue weighted by atomic mass is 16.6. The average Bonchev–Trinajstić information content (AvgIpc) is 2.79. The number of aliphatic hydroxyl groups is 1. The van der Waals surface area contributed by atoms with E-state index in [2.05, 4.69) is 49.9 Å². The summed E-state index contributed by atoms with van der Waals surface area (Å²) in [6.45, 7) is 7.02. The SMILES string of the molecule is CCOC1(O)CCC2C3C=Cc4cc(C)ccc4CC3CCC21C.CN. The van der Waals surface area contributed by atoms with Gasteiger partial charge in [0.2, 0.25) is 0 Å². The zero-order valence-corrected chi connectivity index (χ0v) is 16.8. The van der Waals surface area contributed by atoms with Crippen molar-refractivity contribution in [2.24, 2.45) is 28.9 Å². The minimum atomic E-state index is -0.930. The summed E-state index contributed by atoms with van der Waals surface area (Å²) in [5, 5.41) is 11.2. The van der Waals surface area contributed by atoms with Crippen LogP contribution in [0, 0.1) is 30.1 Å². The van der Waals surface area contributed by atoms with Crippen molar-refractivity contribution in [2.45, 2.75) is 58.7 Å². The van der Waals surface area contributed by atoms with Crippen LogP contribution in [0.25, 0.3) is 6.08 Å². The van der Waals surface area contributed by atoms with Crippen LogP contribution in [0.5, 0.6) is 0 Å². The third kappa shape index (κ3) is 3.04. The van der Waals surface area contributed by atoms with Crippen LogP contribution < -0.4 is 5.73 Å². The van der Waals surface area contributed by atoms with E-state index in [-0.39, 0.29) is 5.41 Å². The number of fused-ring (bicyclic) bond motifs is 4. The molecule has 26 heavy (non-hydrogen) atoms. The molecule has 4 rings (SSSR count). The Bertz CT molecular complexity index is 670. The molecule has 3 aliphatic rings. The number of benzene rings is 1. The molecule has 2 fully saturated rings. The minimum absolute atomic E-state index is 0.110. The summed E-state index contributed by atoms with van der Waals surface area (Å²) in [5.74, 6) is 0.860. The van der Waals surface area contributed by atoms with Gasteiger partial charge in [-0.3, -0.25) is 0 Å². The summed E-state index contributed by atoms with van der Waals surface area (Å²) in [4.78, 5) is 0. The second-order valence-electron chi connectivity index (χ2n) is 8.42. The number of allylic oxidation sites excluding steroid dienone is 1. The molecule has 3 heteroatoms. The first-order chi connectivity index (χ1) is 12.5. The average molecular weight is 358 g/mol. The largest absolute Gasteiger partial charge is 0.365 e. The van der Waals surface area contributed by atoms with Gasteiger partial charge in [0.15, 0.2) is 5.79 Å². The second kappa shape index (κ2) is 7.46. The predicted octanol–water partition coefficient (Wildman–Crippen LogP) is 4.31. The van der Waals surface area contributed by atoms with E-state index in [1.165, 1.54) is 36.6 Å². The monoisotopic (exact) mass is 357 g/mol. The molecule has 0 saturated heterocycles. The molecule has 0 amide bonds. The number of rotatable bonds is 2. The number of ether oxygens (including phenoxy) is 1. The molecule has 3 aliphatic carbocycles. The summed E-state index contributed by atoms with van der Waals surface area (Å²) >= 11 is 0. The van der Waals surface area contributed by atoms with Gasteiger partial charge in [0.05, 0.1) is 0 Å². The van der Waals surface area contributed by atoms with Crippen molar-refractivity contribution in [1.29, 1.82) is 0 Å².